The molecule has 1 N–H and O–H groups in total. The number of unbranched alkanes of at least 4 members (excludes halogenated alkanes) is 1. The molecule has 33 heavy (non-hydrogen) atoms. The summed E-state index contributed by atoms with van der Waals surface area (Å²) in [6.07, 6.45) is 5.33. The topological polar surface area (TPSA) is 89.3 Å². The van der Waals surface area contributed by atoms with Gasteiger partial charge in [0.1, 0.15) is 5.82 Å². The number of rotatable bonds is 9. The summed E-state index contributed by atoms with van der Waals surface area (Å²) in [7, 11) is 1.84. The van der Waals surface area contributed by atoms with Gasteiger partial charge in [-0.15, -0.1) is 5.10 Å². The minimum atomic E-state index is 0.0757. The Labute approximate surface area is 193 Å². The van der Waals surface area contributed by atoms with Crippen LogP contribution in [-0.4, -0.2) is 30.2 Å². The Kier molecular flexibility index (Phi) is 7.07. The quantitative estimate of drug-likeness (QED) is 0.412. The molecule has 0 bridgehead atoms. The molecule has 0 radical (unpaired) electrons. The number of nitrogens with one attached hydrogen (secondary N) is 1. The average Bonchev–Trinajstić information content (AvgIpc) is 3.38. The number of hydrogen-bond acceptors (Lipinski definition) is 5. The van der Waals surface area contributed by atoms with Crippen LogP contribution in [0.4, 0.5) is 0 Å². The molecule has 0 saturated heterocycles. The second-order valence-electron chi connectivity index (χ2n) is 8.34. The van der Waals surface area contributed by atoms with Gasteiger partial charge >= 0.3 is 0 Å². The molecule has 2 heterocycles. The first-order valence-corrected chi connectivity index (χ1v) is 11.6. The molecule has 2 aromatic carbocycles. The fraction of sp³-hybridized carbons (Fsp3) is 0.346. The van der Waals surface area contributed by atoms with Crippen molar-refractivity contribution < 1.29 is 0 Å². The maximum atomic E-state index is 13.2. The zero-order chi connectivity index (χ0) is 23.2. The lowest BCUT2D eigenvalue weighted by Gasteiger charge is -2.14. The molecule has 0 fully saturated rings. The first kappa shape index (κ1) is 22.6. The van der Waals surface area contributed by atoms with Crippen LogP contribution in [0.1, 0.15) is 55.8 Å². The van der Waals surface area contributed by atoms with Crippen LogP contribution in [0, 0.1) is 0 Å². The van der Waals surface area contributed by atoms with Gasteiger partial charge in [0.25, 0.3) is 5.56 Å². The van der Waals surface area contributed by atoms with Crippen LogP contribution in [-0.2, 0) is 26.3 Å². The maximum absolute atomic E-state index is 13.2. The molecule has 7 heteroatoms. The third kappa shape index (κ3) is 4.92. The van der Waals surface area contributed by atoms with E-state index in [4.69, 9.17) is 4.98 Å². The van der Waals surface area contributed by atoms with Crippen molar-refractivity contribution in [1.29, 1.82) is 0 Å². The average molecular weight is 443 g/mol. The highest BCUT2D eigenvalue weighted by molar-refractivity contribution is 5.80. The number of nitrogens with zero attached hydrogens (tertiary/aromatic N) is 5. The molecule has 0 spiro atoms. The monoisotopic (exact) mass is 442 g/mol. The largest absolute Gasteiger partial charge is 0.300 e. The minimum absolute atomic E-state index is 0.0757. The molecule has 0 saturated carbocycles. The lowest BCUT2D eigenvalue weighted by Crippen LogP contribution is -2.28. The highest BCUT2D eigenvalue weighted by Gasteiger charge is 2.15. The summed E-state index contributed by atoms with van der Waals surface area (Å²) in [5.74, 6) is 1.52. The van der Waals surface area contributed by atoms with Crippen molar-refractivity contribution in [3.8, 4) is 22.5 Å². The fourth-order valence-corrected chi connectivity index (χ4v) is 4.14. The summed E-state index contributed by atoms with van der Waals surface area (Å²) >= 11 is 0. The van der Waals surface area contributed by atoms with Gasteiger partial charge in [-0.25, -0.2) is 10.1 Å². The van der Waals surface area contributed by atoms with Crippen molar-refractivity contribution in [2.45, 2.75) is 52.4 Å². The van der Waals surface area contributed by atoms with E-state index in [2.05, 4.69) is 64.8 Å². The van der Waals surface area contributed by atoms with E-state index in [0.29, 0.717) is 12.2 Å². The van der Waals surface area contributed by atoms with Crippen molar-refractivity contribution in [2.24, 2.45) is 7.05 Å². The van der Waals surface area contributed by atoms with E-state index in [1.165, 1.54) is 0 Å². The molecule has 0 aliphatic carbocycles. The van der Waals surface area contributed by atoms with Crippen LogP contribution in [0.2, 0.25) is 0 Å². The highest BCUT2D eigenvalue weighted by Crippen LogP contribution is 2.30. The summed E-state index contributed by atoms with van der Waals surface area (Å²) in [5, 5.41) is 14.3. The van der Waals surface area contributed by atoms with Crippen LogP contribution >= 0.6 is 0 Å². The van der Waals surface area contributed by atoms with Crippen LogP contribution in [0.25, 0.3) is 22.5 Å². The van der Waals surface area contributed by atoms with E-state index >= 15 is 0 Å². The molecule has 0 atom stereocenters. The molecule has 0 amide bonds. The van der Waals surface area contributed by atoms with E-state index in [0.717, 1.165) is 71.4 Å². The van der Waals surface area contributed by atoms with Gasteiger partial charge in [-0.2, -0.15) is 0 Å². The van der Waals surface area contributed by atoms with E-state index in [-0.39, 0.29) is 5.56 Å². The molecule has 4 rings (SSSR count). The Morgan fingerprint density at radius 1 is 0.939 bits per heavy atom. The molecule has 4 aromatic rings. The maximum Gasteiger partial charge on any atom is 0.257 e. The number of aryl methyl sites for hydroxylation is 2. The summed E-state index contributed by atoms with van der Waals surface area (Å²) in [6, 6.07) is 16.4. The number of H-pyrrole nitrogens is 1. The van der Waals surface area contributed by atoms with Gasteiger partial charge in [0.15, 0.2) is 5.82 Å². The number of aromatic nitrogens is 6. The SMILES string of the molecule is CCCCc1nc(CCC)n(C)c(=O)c1Cc1ccc(-c2ccccc2-c2nnn[nH]2)cc1. The Hall–Kier alpha value is -3.61. The number of hydrogen-bond donors (Lipinski definition) is 1. The van der Waals surface area contributed by atoms with Crippen LogP contribution in [0.15, 0.2) is 53.3 Å². The molecule has 170 valence electrons. The van der Waals surface area contributed by atoms with Crippen molar-refractivity contribution in [3.05, 3.63) is 81.5 Å². The standard InChI is InChI=1S/C26H30N6O/c1-4-6-12-23-22(26(33)32(3)24(27-23)9-5-2)17-18-13-15-19(16-14-18)20-10-7-8-11-21(20)25-28-30-31-29-25/h7-8,10-11,13-16H,4-6,9,12,17H2,1-3H3,(H,28,29,30,31). The molecule has 7 nitrogen and oxygen atoms in total. The first-order chi connectivity index (χ1) is 16.1. The Morgan fingerprint density at radius 2 is 1.70 bits per heavy atom. The van der Waals surface area contributed by atoms with Crippen molar-refractivity contribution in [3.63, 3.8) is 0 Å². The predicted octanol–water partition coefficient (Wildman–Crippen LogP) is 4.51. The van der Waals surface area contributed by atoms with Crippen LogP contribution < -0.4 is 5.56 Å². The Balaban J connectivity index is 1.66. The van der Waals surface area contributed by atoms with Crippen molar-refractivity contribution in [1.82, 2.24) is 30.2 Å². The summed E-state index contributed by atoms with van der Waals surface area (Å²) < 4.78 is 1.73. The predicted molar refractivity (Wildman–Crippen MR) is 130 cm³/mol. The Morgan fingerprint density at radius 3 is 2.36 bits per heavy atom. The van der Waals surface area contributed by atoms with Gasteiger partial charge in [0.05, 0.1) is 5.69 Å². The smallest absolute Gasteiger partial charge is 0.257 e. The Bertz CT molecular complexity index is 1260. The third-order valence-electron chi connectivity index (χ3n) is 5.98. The minimum Gasteiger partial charge on any atom is -0.300 e. The van der Waals surface area contributed by atoms with Gasteiger partial charge in [0, 0.05) is 31.0 Å². The van der Waals surface area contributed by atoms with Gasteiger partial charge in [-0.1, -0.05) is 68.8 Å². The van der Waals surface area contributed by atoms with Crippen molar-refractivity contribution in [2.75, 3.05) is 0 Å². The lowest BCUT2D eigenvalue weighted by molar-refractivity contribution is 0.663. The normalized spacial score (nSPS) is 11.1. The van der Waals surface area contributed by atoms with Crippen LogP contribution in [0.3, 0.4) is 0 Å². The molecular formula is C26H30N6O. The second-order valence-corrected chi connectivity index (χ2v) is 8.34. The van der Waals surface area contributed by atoms with Gasteiger partial charge in [0.2, 0.25) is 0 Å². The van der Waals surface area contributed by atoms with E-state index < -0.39 is 0 Å². The van der Waals surface area contributed by atoms with Gasteiger partial charge in [-0.3, -0.25) is 9.36 Å². The third-order valence-corrected chi connectivity index (χ3v) is 5.98. The highest BCUT2D eigenvalue weighted by atomic mass is 16.1. The number of aromatic amines is 1. The molecule has 2 aromatic heterocycles. The van der Waals surface area contributed by atoms with Crippen LogP contribution in [0.5, 0.6) is 0 Å². The molecule has 0 aliphatic heterocycles. The number of benzene rings is 2. The van der Waals surface area contributed by atoms with Gasteiger partial charge < -0.3 is 0 Å². The summed E-state index contributed by atoms with van der Waals surface area (Å²) in [4.78, 5) is 18.1. The second kappa shape index (κ2) is 10.3. The summed E-state index contributed by atoms with van der Waals surface area (Å²) in [6.45, 7) is 4.28. The lowest BCUT2D eigenvalue weighted by atomic mass is 9.96. The van der Waals surface area contributed by atoms with Gasteiger partial charge in [-0.05, 0) is 46.4 Å². The fourth-order valence-electron chi connectivity index (χ4n) is 4.14. The molecular weight excluding hydrogens is 412 g/mol. The van der Waals surface area contributed by atoms with E-state index in [9.17, 15) is 4.79 Å². The first-order valence-electron chi connectivity index (χ1n) is 11.6. The zero-order valence-electron chi connectivity index (χ0n) is 19.5. The van der Waals surface area contributed by atoms with E-state index in [1.54, 1.807) is 4.57 Å². The number of tetrazole rings is 1. The summed E-state index contributed by atoms with van der Waals surface area (Å²) in [5.41, 5.74) is 6.00. The molecule has 0 aliphatic rings. The molecule has 0 unspecified atom stereocenters. The van der Waals surface area contributed by atoms with E-state index in [1.807, 2.05) is 25.2 Å². The van der Waals surface area contributed by atoms with Crippen molar-refractivity contribution >= 4 is 0 Å². The zero-order valence-corrected chi connectivity index (χ0v) is 19.5.